The van der Waals surface area contributed by atoms with Crippen LogP contribution in [0.15, 0.2) is 41.0 Å². The number of hydrogen-bond acceptors (Lipinski definition) is 5. The topological polar surface area (TPSA) is 92.6 Å². The summed E-state index contributed by atoms with van der Waals surface area (Å²) < 4.78 is 10.6. The number of ether oxygens (including phenoxy) is 1. The Morgan fingerprint density at radius 1 is 1.23 bits per heavy atom. The van der Waals surface area contributed by atoms with Crippen LogP contribution in [0.1, 0.15) is 23.0 Å². The number of carbonyl (C=O) groups is 2. The van der Waals surface area contributed by atoms with Crippen molar-refractivity contribution in [3.8, 4) is 0 Å². The van der Waals surface area contributed by atoms with Crippen LogP contribution in [0.5, 0.6) is 0 Å². The maximum atomic E-state index is 12.4. The summed E-state index contributed by atoms with van der Waals surface area (Å²) in [6.07, 6.45) is 1.27. The SMILES string of the molecule is Cc1cc(NC(=O)[C@H]2NCCO[C@@H]2C)ccc1NC(=O)c1ccco1.Cl. The first-order valence-electron chi connectivity index (χ1n) is 8.16. The van der Waals surface area contributed by atoms with Crippen molar-refractivity contribution in [3.05, 3.63) is 47.9 Å². The van der Waals surface area contributed by atoms with E-state index in [2.05, 4.69) is 16.0 Å². The van der Waals surface area contributed by atoms with Gasteiger partial charge < -0.3 is 25.1 Å². The van der Waals surface area contributed by atoms with Crippen molar-refractivity contribution in [3.63, 3.8) is 0 Å². The molecule has 7 nitrogen and oxygen atoms in total. The van der Waals surface area contributed by atoms with Crippen LogP contribution in [0.4, 0.5) is 11.4 Å². The number of rotatable bonds is 4. The molecule has 0 spiro atoms. The van der Waals surface area contributed by atoms with Crippen molar-refractivity contribution >= 4 is 35.6 Å². The largest absolute Gasteiger partial charge is 0.459 e. The van der Waals surface area contributed by atoms with Gasteiger partial charge in [-0.25, -0.2) is 0 Å². The lowest BCUT2D eigenvalue weighted by Crippen LogP contribution is -2.53. The number of aryl methyl sites for hydroxylation is 1. The summed E-state index contributed by atoms with van der Waals surface area (Å²) in [5, 5.41) is 8.82. The third-order valence-corrected chi connectivity index (χ3v) is 4.09. The Morgan fingerprint density at radius 2 is 2.04 bits per heavy atom. The summed E-state index contributed by atoms with van der Waals surface area (Å²) in [7, 11) is 0. The highest BCUT2D eigenvalue weighted by atomic mass is 35.5. The molecule has 0 saturated carbocycles. The van der Waals surface area contributed by atoms with Gasteiger partial charge in [0, 0.05) is 17.9 Å². The molecule has 1 fully saturated rings. The van der Waals surface area contributed by atoms with Gasteiger partial charge in [-0.3, -0.25) is 9.59 Å². The molecular weight excluding hydrogens is 358 g/mol. The van der Waals surface area contributed by atoms with Gasteiger partial charge in [0.2, 0.25) is 5.91 Å². The Morgan fingerprint density at radius 3 is 2.69 bits per heavy atom. The smallest absolute Gasteiger partial charge is 0.291 e. The lowest BCUT2D eigenvalue weighted by atomic mass is 10.1. The predicted octanol–water partition coefficient (Wildman–Crippen LogP) is 2.58. The van der Waals surface area contributed by atoms with Gasteiger partial charge in [0.05, 0.1) is 19.0 Å². The van der Waals surface area contributed by atoms with Crippen molar-refractivity contribution in [1.82, 2.24) is 5.32 Å². The van der Waals surface area contributed by atoms with Gasteiger partial charge in [-0.1, -0.05) is 0 Å². The van der Waals surface area contributed by atoms with Crippen molar-refractivity contribution in [2.75, 3.05) is 23.8 Å². The zero-order valence-electron chi connectivity index (χ0n) is 14.6. The first-order valence-corrected chi connectivity index (χ1v) is 8.16. The number of halogens is 1. The molecule has 1 aromatic heterocycles. The highest BCUT2D eigenvalue weighted by Gasteiger charge is 2.28. The minimum atomic E-state index is -0.382. The van der Waals surface area contributed by atoms with Crippen LogP contribution in [-0.4, -0.2) is 37.1 Å². The summed E-state index contributed by atoms with van der Waals surface area (Å²) in [4.78, 5) is 24.4. The lowest BCUT2D eigenvalue weighted by Gasteiger charge is -2.29. The van der Waals surface area contributed by atoms with Crippen molar-refractivity contribution in [1.29, 1.82) is 0 Å². The van der Waals surface area contributed by atoms with Crippen LogP contribution in [0.25, 0.3) is 0 Å². The number of anilines is 2. The fraction of sp³-hybridized carbons (Fsp3) is 0.333. The molecule has 26 heavy (non-hydrogen) atoms. The normalized spacial score (nSPS) is 19.3. The highest BCUT2D eigenvalue weighted by Crippen LogP contribution is 2.21. The number of benzene rings is 1. The van der Waals surface area contributed by atoms with Crippen LogP contribution < -0.4 is 16.0 Å². The third kappa shape index (κ3) is 4.63. The van der Waals surface area contributed by atoms with E-state index in [1.807, 2.05) is 19.9 Å². The number of amides is 2. The van der Waals surface area contributed by atoms with Gasteiger partial charge in [0.25, 0.3) is 5.91 Å². The Labute approximate surface area is 157 Å². The summed E-state index contributed by atoms with van der Waals surface area (Å²) in [5.74, 6) is -0.213. The minimum absolute atomic E-state index is 0. The average Bonchev–Trinajstić information content (AvgIpc) is 3.12. The highest BCUT2D eigenvalue weighted by molar-refractivity contribution is 6.03. The molecule has 140 valence electrons. The Balaban J connectivity index is 0.00000243. The summed E-state index contributed by atoms with van der Waals surface area (Å²) in [6, 6.07) is 8.18. The number of furan rings is 1. The molecule has 2 amide bonds. The average molecular weight is 380 g/mol. The molecule has 3 rings (SSSR count). The molecule has 0 radical (unpaired) electrons. The number of carbonyl (C=O) groups excluding carboxylic acids is 2. The third-order valence-electron chi connectivity index (χ3n) is 4.09. The van der Waals surface area contributed by atoms with E-state index in [0.717, 1.165) is 5.56 Å². The van der Waals surface area contributed by atoms with Crippen LogP contribution in [0, 0.1) is 6.92 Å². The molecule has 0 unspecified atom stereocenters. The van der Waals surface area contributed by atoms with E-state index >= 15 is 0 Å². The van der Waals surface area contributed by atoms with Crippen LogP contribution in [0.2, 0.25) is 0 Å². The van der Waals surface area contributed by atoms with Gasteiger partial charge in [0.15, 0.2) is 5.76 Å². The van der Waals surface area contributed by atoms with Crippen LogP contribution in [0.3, 0.4) is 0 Å². The first kappa shape index (κ1) is 20.0. The van der Waals surface area contributed by atoms with E-state index in [1.54, 1.807) is 24.3 Å². The minimum Gasteiger partial charge on any atom is -0.459 e. The monoisotopic (exact) mass is 379 g/mol. The molecule has 1 saturated heterocycles. The predicted molar refractivity (Wildman–Crippen MR) is 101 cm³/mol. The standard InChI is InChI=1S/C18H21N3O4.ClH/c1-11-10-13(20-18(23)16-12(2)24-9-7-19-16)5-6-14(11)21-17(22)15-4-3-8-25-15;/h3-6,8,10,12,16,19H,7,9H2,1-2H3,(H,20,23)(H,21,22);1H/t12-,16+;/m1./s1. The fourth-order valence-electron chi connectivity index (χ4n) is 2.72. The van der Waals surface area contributed by atoms with E-state index in [-0.39, 0.29) is 42.1 Å². The quantitative estimate of drug-likeness (QED) is 0.759. The lowest BCUT2D eigenvalue weighted by molar-refractivity contribution is -0.123. The number of morpholine rings is 1. The molecule has 2 atom stereocenters. The molecule has 1 aliphatic heterocycles. The molecule has 0 bridgehead atoms. The molecular formula is C18H22ClN3O4. The van der Waals surface area contributed by atoms with Gasteiger partial charge in [-0.15, -0.1) is 12.4 Å². The van der Waals surface area contributed by atoms with Crippen LogP contribution >= 0.6 is 12.4 Å². The Hall–Kier alpha value is -2.35. The molecule has 1 aliphatic rings. The zero-order valence-corrected chi connectivity index (χ0v) is 15.4. The van der Waals surface area contributed by atoms with Gasteiger partial charge in [0.1, 0.15) is 6.04 Å². The fourth-order valence-corrected chi connectivity index (χ4v) is 2.72. The van der Waals surface area contributed by atoms with E-state index in [0.29, 0.717) is 24.5 Å². The van der Waals surface area contributed by atoms with Gasteiger partial charge in [-0.05, 0) is 49.7 Å². The molecule has 2 heterocycles. The maximum absolute atomic E-state index is 12.4. The summed E-state index contributed by atoms with van der Waals surface area (Å²) >= 11 is 0. The van der Waals surface area contributed by atoms with Crippen molar-refractivity contribution in [2.24, 2.45) is 0 Å². The zero-order chi connectivity index (χ0) is 17.8. The Kier molecular flexibility index (Phi) is 6.79. The second-order valence-electron chi connectivity index (χ2n) is 5.96. The molecule has 1 aromatic carbocycles. The molecule has 8 heteroatoms. The van der Waals surface area contributed by atoms with E-state index in [1.165, 1.54) is 6.26 Å². The second-order valence-corrected chi connectivity index (χ2v) is 5.96. The summed E-state index contributed by atoms with van der Waals surface area (Å²) in [5.41, 5.74) is 2.16. The second kappa shape index (κ2) is 8.84. The van der Waals surface area contributed by atoms with Crippen LogP contribution in [-0.2, 0) is 9.53 Å². The van der Waals surface area contributed by atoms with E-state index in [4.69, 9.17) is 9.15 Å². The first-order chi connectivity index (χ1) is 12.0. The summed E-state index contributed by atoms with van der Waals surface area (Å²) in [6.45, 7) is 4.99. The van der Waals surface area contributed by atoms with E-state index in [9.17, 15) is 9.59 Å². The van der Waals surface area contributed by atoms with Gasteiger partial charge in [-0.2, -0.15) is 0 Å². The van der Waals surface area contributed by atoms with Gasteiger partial charge >= 0.3 is 0 Å². The molecule has 3 N–H and O–H groups in total. The Bertz CT molecular complexity index is 764. The van der Waals surface area contributed by atoms with Crippen molar-refractivity contribution in [2.45, 2.75) is 26.0 Å². The molecule has 0 aliphatic carbocycles. The van der Waals surface area contributed by atoms with Crippen molar-refractivity contribution < 1.29 is 18.7 Å². The number of nitrogens with one attached hydrogen (secondary N) is 3. The number of hydrogen-bond donors (Lipinski definition) is 3. The molecule has 2 aromatic rings. The van der Waals surface area contributed by atoms with E-state index < -0.39 is 0 Å². The maximum Gasteiger partial charge on any atom is 0.291 e.